The fourth-order valence-corrected chi connectivity index (χ4v) is 4.56. The average Bonchev–Trinajstić information content (AvgIpc) is 2.68. The number of carbonyl (C=O) groups excluding carboxylic acids is 2. The number of alkyl halides is 1. The molecule has 0 saturated carbocycles. The van der Waals surface area contributed by atoms with Crippen LogP contribution in [0.2, 0.25) is 0 Å². The van der Waals surface area contributed by atoms with Gasteiger partial charge in [-0.15, -0.1) is 23.4 Å². The molecule has 0 heterocycles. The van der Waals surface area contributed by atoms with Gasteiger partial charge in [0.25, 0.3) is 0 Å². The van der Waals surface area contributed by atoms with Crippen molar-refractivity contribution in [2.75, 3.05) is 17.8 Å². The van der Waals surface area contributed by atoms with Gasteiger partial charge in [0.15, 0.2) is 0 Å². The van der Waals surface area contributed by atoms with Crippen LogP contribution in [0.1, 0.15) is 65.7 Å². The molecule has 1 aromatic rings. The number of halogens is 1. The fourth-order valence-electron chi connectivity index (χ4n) is 3.02. The van der Waals surface area contributed by atoms with E-state index in [1.54, 1.807) is 0 Å². The van der Waals surface area contributed by atoms with Crippen molar-refractivity contribution in [2.45, 2.75) is 75.9 Å². The van der Waals surface area contributed by atoms with Crippen LogP contribution in [0, 0.1) is 5.92 Å². The van der Waals surface area contributed by atoms with Crippen LogP contribution in [-0.4, -0.2) is 29.6 Å². The third-order valence-corrected chi connectivity index (χ3v) is 6.22. The number of hydrogen-bond donors (Lipinski definition) is 1. The Hall–Kier alpha value is -1.20. The van der Waals surface area contributed by atoms with Gasteiger partial charge in [-0.25, -0.2) is 0 Å². The predicted molar refractivity (Wildman–Crippen MR) is 119 cm³/mol. The van der Waals surface area contributed by atoms with Crippen molar-refractivity contribution < 1.29 is 14.3 Å². The fraction of sp³-hybridized carbons (Fsp3) is 0.636. The van der Waals surface area contributed by atoms with Crippen LogP contribution < -0.4 is 5.32 Å². The molecule has 158 valence electrons. The van der Waals surface area contributed by atoms with Gasteiger partial charge in [-0.3, -0.25) is 9.59 Å². The Kier molecular flexibility index (Phi) is 13.1. The summed E-state index contributed by atoms with van der Waals surface area (Å²) in [6.45, 7) is 6.39. The lowest BCUT2D eigenvalue weighted by Gasteiger charge is -2.17. The van der Waals surface area contributed by atoms with Crippen molar-refractivity contribution in [3.05, 3.63) is 24.3 Å². The first-order chi connectivity index (χ1) is 13.5. The molecule has 6 heteroatoms. The van der Waals surface area contributed by atoms with Crippen LogP contribution in [0.25, 0.3) is 0 Å². The summed E-state index contributed by atoms with van der Waals surface area (Å²) < 4.78 is 5.20. The number of esters is 1. The summed E-state index contributed by atoms with van der Waals surface area (Å²) in [4.78, 5) is 25.5. The van der Waals surface area contributed by atoms with E-state index in [0.29, 0.717) is 24.8 Å². The maximum Gasteiger partial charge on any atom is 0.319 e. The van der Waals surface area contributed by atoms with Crippen molar-refractivity contribution in [1.82, 2.24) is 0 Å². The summed E-state index contributed by atoms with van der Waals surface area (Å²) in [6, 6.07) is 7.63. The maximum atomic E-state index is 12.4. The number of anilines is 1. The van der Waals surface area contributed by atoms with Gasteiger partial charge in [0, 0.05) is 17.2 Å². The Morgan fingerprint density at radius 2 is 1.82 bits per heavy atom. The molecule has 0 fully saturated rings. The zero-order valence-electron chi connectivity index (χ0n) is 17.3. The monoisotopic (exact) mass is 427 g/mol. The minimum Gasteiger partial charge on any atom is -0.465 e. The highest BCUT2D eigenvalue weighted by Gasteiger charge is 2.22. The van der Waals surface area contributed by atoms with Gasteiger partial charge in [-0.05, 0) is 50.7 Å². The zero-order valence-corrected chi connectivity index (χ0v) is 18.9. The highest BCUT2D eigenvalue weighted by molar-refractivity contribution is 8.00. The van der Waals surface area contributed by atoms with Gasteiger partial charge >= 0.3 is 5.97 Å². The average molecular weight is 428 g/mol. The van der Waals surface area contributed by atoms with E-state index in [4.69, 9.17) is 16.3 Å². The molecule has 28 heavy (non-hydrogen) atoms. The topological polar surface area (TPSA) is 55.4 Å². The molecule has 1 N–H and O–H groups in total. The van der Waals surface area contributed by atoms with E-state index in [2.05, 4.69) is 12.2 Å². The molecule has 4 nitrogen and oxygen atoms in total. The van der Waals surface area contributed by atoms with Gasteiger partial charge < -0.3 is 10.1 Å². The summed E-state index contributed by atoms with van der Waals surface area (Å²) >= 11 is 7.46. The number of ether oxygens (including phenoxy) is 1. The largest absolute Gasteiger partial charge is 0.465 e. The molecule has 0 spiro atoms. The summed E-state index contributed by atoms with van der Waals surface area (Å²) in [5.74, 6) is 0.947. The highest BCUT2D eigenvalue weighted by atomic mass is 35.5. The second-order valence-electron chi connectivity index (χ2n) is 6.89. The molecule has 0 aromatic heterocycles. The van der Waals surface area contributed by atoms with Gasteiger partial charge in [0.05, 0.1) is 12.3 Å². The van der Waals surface area contributed by atoms with E-state index in [1.807, 2.05) is 38.1 Å². The summed E-state index contributed by atoms with van der Waals surface area (Å²) in [5.41, 5.74) is 0.755. The maximum absolute atomic E-state index is 12.4. The number of thioether (sulfide) groups is 1. The van der Waals surface area contributed by atoms with Crippen molar-refractivity contribution >= 4 is 40.9 Å². The van der Waals surface area contributed by atoms with Gasteiger partial charge in [-0.2, -0.15) is 0 Å². The summed E-state index contributed by atoms with van der Waals surface area (Å²) in [5, 5.41) is 2.75. The predicted octanol–water partition coefficient (Wildman–Crippen LogP) is 6.27. The Balaban J connectivity index is 2.66. The zero-order chi connectivity index (χ0) is 20.8. The molecule has 0 bridgehead atoms. The molecule has 0 aliphatic carbocycles. The van der Waals surface area contributed by atoms with Crippen molar-refractivity contribution in [3.63, 3.8) is 0 Å². The van der Waals surface area contributed by atoms with Gasteiger partial charge in [-0.1, -0.05) is 38.8 Å². The Morgan fingerprint density at radius 1 is 1.11 bits per heavy atom. The van der Waals surface area contributed by atoms with E-state index in [-0.39, 0.29) is 17.1 Å². The van der Waals surface area contributed by atoms with Crippen molar-refractivity contribution in [2.24, 2.45) is 5.92 Å². The van der Waals surface area contributed by atoms with Crippen LogP contribution in [0.5, 0.6) is 0 Å². The molecule has 1 aromatic carbocycles. The Morgan fingerprint density at radius 3 is 2.46 bits per heavy atom. The standard InChI is InChI=1S/C22H34ClNO3S/c1-4-10-17(16-23)12-9-15-21(25)24-18-13-7-8-14-19(18)28-20(11-5-2)22(26)27-6-3/h7-8,13-14,17,20H,4-6,9-12,15-16H2,1-3H3,(H,24,25). The third-order valence-electron chi connectivity index (χ3n) is 4.46. The van der Waals surface area contributed by atoms with E-state index < -0.39 is 0 Å². The lowest BCUT2D eigenvalue weighted by molar-refractivity contribution is -0.142. The lowest BCUT2D eigenvalue weighted by atomic mass is 9.99. The number of amides is 1. The molecule has 1 rings (SSSR count). The quantitative estimate of drug-likeness (QED) is 0.216. The van der Waals surface area contributed by atoms with E-state index in [1.165, 1.54) is 11.8 Å². The smallest absolute Gasteiger partial charge is 0.319 e. The molecule has 2 unspecified atom stereocenters. The van der Waals surface area contributed by atoms with Crippen LogP contribution >= 0.6 is 23.4 Å². The first-order valence-corrected chi connectivity index (χ1v) is 11.7. The number of rotatable bonds is 14. The van der Waals surface area contributed by atoms with Gasteiger partial charge in [0.1, 0.15) is 5.25 Å². The molecule has 0 aliphatic heterocycles. The highest BCUT2D eigenvalue weighted by Crippen LogP contribution is 2.33. The van der Waals surface area contributed by atoms with E-state index in [0.717, 1.165) is 49.1 Å². The first-order valence-electron chi connectivity index (χ1n) is 10.3. The number of benzene rings is 1. The molecular formula is C22H34ClNO3S. The SMILES string of the molecule is CCCC(CCl)CCCC(=O)Nc1ccccc1SC(CCC)C(=O)OCC. The van der Waals surface area contributed by atoms with Crippen LogP contribution in [0.4, 0.5) is 5.69 Å². The molecule has 1 amide bonds. The Bertz CT molecular complexity index is 597. The first kappa shape index (κ1) is 24.8. The number of para-hydroxylation sites is 1. The number of nitrogens with one attached hydrogen (secondary N) is 1. The number of carbonyl (C=O) groups is 2. The lowest BCUT2D eigenvalue weighted by Crippen LogP contribution is -2.20. The van der Waals surface area contributed by atoms with Crippen LogP contribution in [0.15, 0.2) is 29.2 Å². The minimum absolute atomic E-state index is 0.000970. The summed E-state index contributed by atoms with van der Waals surface area (Å²) in [7, 11) is 0. The molecule has 2 atom stereocenters. The van der Waals surface area contributed by atoms with Crippen LogP contribution in [-0.2, 0) is 14.3 Å². The van der Waals surface area contributed by atoms with Crippen LogP contribution in [0.3, 0.4) is 0 Å². The van der Waals surface area contributed by atoms with Gasteiger partial charge in [0.2, 0.25) is 5.91 Å². The molecule has 0 radical (unpaired) electrons. The van der Waals surface area contributed by atoms with E-state index >= 15 is 0 Å². The number of hydrogen-bond acceptors (Lipinski definition) is 4. The van der Waals surface area contributed by atoms with Crippen molar-refractivity contribution in [3.8, 4) is 0 Å². The molecule has 0 saturated heterocycles. The van der Waals surface area contributed by atoms with Crippen molar-refractivity contribution in [1.29, 1.82) is 0 Å². The normalized spacial score (nSPS) is 13.0. The summed E-state index contributed by atoms with van der Waals surface area (Å²) in [6.07, 6.45) is 6.15. The third kappa shape index (κ3) is 9.33. The Labute approximate surface area is 179 Å². The second-order valence-corrected chi connectivity index (χ2v) is 8.45. The van der Waals surface area contributed by atoms with E-state index in [9.17, 15) is 9.59 Å². The molecule has 0 aliphatic rings. The second kappa shape index (κ2) is 14.7. The molecular weight excluding hydrogens is 394 g/mol. The minimum atomic E-state index is -0.262.